The van der Waals surface area contributed by atoms with Crippen molar-refractivity contribution in [1.29, 1.82) is 0 Å². The molecule has 0 spiro atoms. The van der Waals surface area contributed by atoms with Crippen LogP contribution in [0.4, 0.5) is 11.7 Å². The summed E-state index contributed by atoms with van der Waals surface area (Å²) < 4.78 is 5.53. The third-order valence-electron chi connectivity index (χ3n) is 3.21. The van der Waals surface area contributed by atoms with Gasteiger partial charge in [0.2, 0.25) is 0 Å². The maximum atomic E-state index is 10.7. The number of aromatic nitrogens is 1. The minimum Gasteiger partial charge on any atom is -0.424 e. The lowest BCUT2D eigenvalue weighted by molar-refractivity contribution is -0.384. The highest BCUT2D eigenvalue weighted by Gasteiger charge is 2.16. The van der Waals surface area contributed by atoms with Gasteiger partial charge in [-0.15, -0.1) is 12.4 Å². The van der Waals surface area contributed by atoms with E-state index in [1.54, 1.807) is 6.07 Å². The van der Waals surface area contributed by atoms with Crippen molar-refractivity contribution >= 4 is 35.2 Å². The molecular formula is C12H15ClN4O3. The Hall–Kier alpha value is -1.86. The Morgan fingerprint density at radius 1 is 1.50 bits per heavy atom. The van der Waals surface area contributed by atoms with Crippen LogP contribution in [0.15, 0.2) is 22.6 Å². The molecule has 20 heavy (non-hydrogen) atoms. The van der Waals surface area contributed by atoms with E-state index in [1.165, 1.54) is 12.1 Å². The summed E-state index contributed by atoms with van der Waals surface area (Å²) >= 11 is 0. The molecule has 0 bridgehead atoms. The van der Waals surface area contributed by atoms with Gasteiger partial charge in [0.15, 0.2) is 5.58 Å². The molecule has 8 heteroatoms. The number of halogens is 1. The smallest absolute Gasteiger partial charge is 0.295 e. The van der Waals surface area contributed by atoms with Gasteiger partial charge in [-0.25, -0.2) is 0 Å². The summed E-state index contributed by atoms with van der Waals surface area (Å²) in [6.07, 6.45) is 2.18. The number of nitrogens with one attached hydrogen (secondary N) is 2. The van der Waals surface area contributed by atoms with E-state index >= 15 is 0 Å². The Bertz CT molecular complexity index is 610. The number of non-ortho nitro benzene ring substituents is 1. The summed E-state index contributed by atoms with van der Waals surface area (Å²) in [7, 11) is 0. The highest BCUT2D eigenvalue weighted by molar-refractivity contribution is 5.85. The predicted molar refractivity (Wildman–Crippen MR) is 77.4 cm³/mol. The quantitative estimate of drug-likeness (QED) is 0.667. The summed E-state index contributed by atoms with van der Waals surface area (Å²) in [4.78, 5) is 14.5. The van der Waals surface area contributed by atoms with Crippen molar-refractivity contribution < 1.29 is 9.34 Å². The van der Waals surface area contributed by atoms with Gasteiger partial charge in [0, 0.05) is 24.7 Å². The lowest BCUT2D eigenvalue weighted by atomic mass is 10.1. The molecule has 0 amide bonds. The van der Waals surface area contributed by atoms with Crippen LogP contribution in [0.5, 0.6) is 0 Å². The van der Waals surface area contributed by atoms with E-state index in [0.29, 0.717) is 17.1 Å². The van der Waals surface area contributed by atoms with Crippen molar-refractivity contribution in [2.75, 3.05) is 18.4 Å². The van der Waals surface area contributed by atoms with E-state index in [2.05, 4.69) is 15.6 Å². The molecule has 0 unspecified atom stereocenters. The van der Waals surface area contributed by atoms with Gasteiger partial charge in [-0.2, -0.15) is 4.98 Å². The predicted octanol–water partition coefficient (Wildman–Crippen LogP) is 2.32. The van der Waals surface area contributed by atoms with E-state index in [9.17, 15) is 10.1 Å². The highest BCUT2D eigenvalue weighted by Crippen LogP contribution is 2.24. The molecule has 1 atom stereocenters. The molecule has 1 saturated heterocycles. The largest absolute Gasteiger partial charge is 0.424 e. The Kier molecular flexibility index (Phi) is 4.41. The van der Waals surface area contributed by atoms with Crippen LogP contribution in [-0.2, 0) is 0 Å². The van der Waals surface area contributed by atoms with Crippen LogP contribution >= 0.6 is 12.4 Å². The second kappa shape index (κ2) is 6.06. The van der Waals surface area contributed by atoms with E-state index in [1.807, 2.05) is 0 Å². The second-order valence-corrected chi connectivity index (χ2v) is 4.62. The van der Waals surface area contributed by atoms with Crippen LogP contribution in [0.1, 0.15) is 12.8 Å². The maximum Gasteiger partial charge on any atom is 0.295 e. The fourth-order valence-corrected chi connectivity index (χ4v) is 2.24. The molecule has 1 aliphatic heterocycles. The zero-order valence-corrected chi connectivity index (χ0v) is 11.5. The summed E-state index contributed by atoms with van der Waals surface area (Å²) in [5, 5.41) is 17.2. The minimum absolute atomic E-state index is 0. The van der Waals surface area contributed by atoms with E-state index in [0.717, 1.165) is 25.9 Å². The van der Waals surface area contributed by atoms with E-state index in [-0.39, 0.29) is 24.1 Å². The third-order valence-corrected chi connectivity index (χ3v) is 3.21. The lowest BCUT2D eigenvalue weighted by Crippen LogP contribution is -2.38. The number of nitro groups is 1. The Morgan fingerprint density at radius 2 is 2.35 bits per heavy atom. The topological polar surface area (TPSA) is 93.2 Å². The van der Waals surface area contributed by atoms with Crippen LogP contribution in [0.25, 0.3) is 11.1 Å². The minimum atomic E-state index is -0.438. The molecule has 1 aromatic carbocycles. The molecular weight excluding hydrogens is 284 g/mol. The van der Waals surface area contributed by atoms with Crippen molar-refractivity contribution in [3.63, 3.8) is 0 Å². The average molecular weight is 299 g/mol. The molecule has 2 heterocycles. The first-order valence-corrected chi connectivity index (χ1v) is 6.24. The van der Waals surface area contributed by atoms with Gasteiger partial charge in [0.1, 0.15) is 5.52 Å². The Balaban J connectivity index is 0.00000147. The molecule has 0 radical (unpaired) electrons. The molecule has 0 aliphatic carbocycles. The number of nitrogens with zero attached hydrogens (tertiary/aromatic N) is 2. The highest BCUT2D eigenvalue weighted by atomic mass is 35.5. The van der Waals surface area contributed by atoms with Crippen LogP contribution < -0.4 is 10.6 Å². The van der Waals surface area contributed by atoms with E-state index in [4.69, 9.17) is 4.42 Å². The van der Waals surface area contributed by atoms with Gasteiger partial charge >= 0.3 is 0 Å². The molecule has 1 aliphatic rings. The molecule has 2 aromatic rings. The fraction of sp³-hybridized carbons (Fsp3) is 0.417. The van der Waals surface area contributed by atoms with Crippen molar-refractivity contribution in [2.24, 2.45) is 0 Å². The molecule has 108 valence electrons. The number of piperidine rings is 1. The second-order valence-electron chi connectivity index (χ2n) is 4.62. The number of nitro benzene ring substituents is 1. The number of rotatable bonds is 3. The van der Waals surface area contributed by atoms with E-state index < -0.39 is 4.92 Å². The van der Waals surface area contributed by atoms with Crippen molar-refractivity contribution in [3.8, 4) is 0 Å². The average Bonchev–Trinajstić information content (AvgIpc) is 2.80. The van der Waals surface area contributed by atoms with Gasteiger partial charge in [0.05, 0.1) is 4.92 Å². The first-order chi connectivity index (χ1) is 9.22. The van der Waals surface area contributed by atoms with Crippen LogP contribution in [0.3, 0.4) is 0 Å². The number of oxazole rings is 1. The first kappa shape index (κ1) is 14.5. The maximum absolute atomic E-state index is 10.7. The molecule has 0 saturated carbocycles. The number of fused-ring (bicyclic) bond motifs is 1. The summed E-state index contributed by atoms with van der Waals surface area (Å²) in [6, 6.07) is 5.12. The van der Waals surface area contributed by atoms with Crippen molar-refractivity contribution in [1.82, 2.24) is 10.3 Å². The molecule has 1 fully saturated rings. The fourth-order valence-electron chi connectivity index (χ4n) is 2.24. The summed E-state index contributed by atoms with van der Waals surface area (Å²) in [5.74, 6) is 0. The zero-order valence-electron chi connectivity index (χ0n) is 10.7. The standard InChI is InChI=1S/C12H14N4O3.ClH/c17-16(18)9-3-4-11-10(6-9)15-12(19-11)14-8-2-1-5-13-7-8;/h3-4,6,8,13H,1-2,5,7H2,(H,14,15);1H/t8-;/m0./s1. The number of anilines is 1. The number of benzene rings is 1. The van der Waals surface area contributed by atoms with Gasteiger partial charge in [-0.05, 0) is 25.5 Å². The van der Waals surface area contributed by atoms with Crippen LogP contribution in [0, 0.1) is 10.1 Å². The van der Waals surface area contributed by atoms with Crippen LogP contribution in [0.2, 0.25) is 0 Å². The third kappa shape index (κ3) is 3.00. The summed E-state index contributed by atoms with van der Waals surface area (Å²) in [6.45, 7) is 1.91. The van der Waals surface area contributed by atoms with Gasteiger partial charge in [-0.3, -0.25) is 10.1 Å². The molecule has 7 nitrogen and oxygen atoms in total. The molecule has 1 aromatic heterocycles. The monoisotopic (exact) mass is 298 g/mol. The van der Waals surface area contributed by atoms with Crippen LogP contribution in [-0.4, -0.2) is 29.0 Å². The number of hydrogen-bond donors (Lipinski definition) is 2. The van der Waals surface area contributed by atoms with Gasteiger partial charge in [0.25, 0.3) is 11.7 Å². The lowest BCUT2D eigenvalue weighted by Gasteiger charge is -2.22. The molecule has 2 N–H and O–H groups in total. The zero-order chi connectivity index (χ0) is 13.2. The first-order valence-electron chi connectivity index (χ1n) is 6.24. The van der Waals surface area contributed by atoms with Crippen molar-refractivity contribution in [2.45, 2.75) is 18.9 Å². The Labute approximate surface area is 121 Å². The summed E-state index contributed by atoms with van der Waals surface area (Å²) in [5.41, 5.74) is 1.07. The molecule has 3 rings (SSSR count). The Morgan fingerprint density at radius 3 is 3.05 bits per heavy atom. The van der Waals surface area contributed by atoms with Crippen molar-refractivity contribution in [3.05, 3.63) is 28.3 Å². The van der Waals surface area contributed by atoms with Gasteiger partial charge < -0.3 is 15.1 Å². The van der Waals surface area contributed by atoms with Gasteiger partial charge in [-0.1, -0.05) is 0 Å². The normalized spacial score (nSPS) is 18.5. The SMILES string of the molecule is Cl.O=[N+]([O-])c1ccc2oc(N[C@H]3CCCNC3)nc2c1. The number of hydrogen-bond acceptors (Lipinski definition) is 6.